The summed E-state index contributed by atoms with van der Waals surface area (Å²) < 4.78 is 0. The Labute approximate surface area is 125 Å². The Hall–Kier alpha value is -0.780. The van der Waals surface area contributed by atoms with Crippen LogP contribution in [0.1, 0.15) is 82.1 Å². The van der Waals surface area contributed by atoms with Crippen molar-refractivity contribution in [1.82, 2.24) is 0 Å². The van der Waals surface area contributed by atoms with E-state index < -0.39 is 0 Å². The van der Waals surface area contributed by atoms with Gasteiger partial charge in [0, 0.05) is 0 Å². The van der Waals surface area contributed by atoms with Crippen LogP contribution in [0.3, 0.4) is 0 Å². The van der Waals surface area contributed by atoms with Crippen LogP contribution in [-0.4, -0.2) is 0 Å². The Morgan fingerprint density at radius 1 is 0.650 bits per heavy atom. The van der Waals surface area contributed by atoms with Crippen molar-refractivity contribution in [1.29, 1.82) is 0 Å². The molecule has 0 atom stereocenters. The van der Waals surface area contributed by atoms with Gasteiger partial charge in [-0.15, -0.1) is 0 Å². The first-order valence-corrected chi connectivity index (χ1v) is 8.97. The van der Waals surface area contributed by atoms with Gasteiger partial charge in [0.1, 0.15) is 0 Å². The Balaban J connectivity index is 1.40. The Kier molecular flexibility index (Phi) is 5.17. The van der Waals surface area contributed by atoms with Gasteiger partial charge in [-0.3, -0.25) is 0 Å². The van der Waals surface area contributed by atoms with Gasteiger partial charge < -0.3 is 0 Å². The molecule has 2 fully saturated rings. The van der Waals surface area contributed by atoms with Gasteiger partial charge in [-0.25, -0.2) is 0 Å². The highest BCUT2D eigenvalue weighted by Crippen LogP contribution is 2.39. The summed E-state index contributed by atoms with van der Waals surface area (Å²) in [5, 5.41) is 0. The van der Waals surface area contributed by atoms with Gasteiger partial charge in [-0.05, 0) is 49.0 Å². The molecule has 110 valence electrons. The Morgan fingerprint density at radius 2 is 1.25 bits per heavy atom. The molecule has 0 spiro atoms. The van der Waals surface area contributed by atoms with Gasteiger partial charge in [0.15, 0.2) is 0 Å². The molecular weight excluding hydrogens is 240 g/mol. The Bertz CT molecular complexity index is 366. The third-order valence-electron chi connectivity index (χ3n) is 5.83. The number of hydrogen-bond donors (Lipinski definition) is 0. The zero-order valence-corrected chi connectivity index (χ0v) is 12.9. The first-order chi connectivity index (χ1) is 9.92. The highest BCUT2D eigenvalue weighted by molar-refractivity contribution is 5.19. The molecule has 0 heteroatoms. The molecule has 0 nitrogen and oxygen atoms in total. The van der Waals surface area contributed by atoms with Gasteiger partial charge in [-0.2, -0.15) is 0 Å². The van der Waals surface area contributed by atoms with Crippen molar-refractivity contribution < 1.29 is 0 Å². The van der Waals surface area contributed by atoms with Gasteiger partial charge in [-0.1, -0.05) is 75.3 Å². The second-order valence-corrected chi connectivity index (χ2v) is 7.21. The van der Waals surface area contributed by atoms with Crippen LogP contribution in [0.2, 0.25) is 0 Å². The van der Waals surface area contributed by atoms with Crippen LogP contribution in [0.25, 0.3) is 0 Å². The van der Waals surface area contributed by atoms with E-state index in [0.29, 0.717) is 0 Å². The molecule has 0 bridgehead atoms. The number of benzene rings is 1. The summed E-state index contributed by atoms with van der Waals surface area (Å²) in [6.45, 7) is 0. The van der Waals surface area contributed by atoms with E-state index in [1.165, 1.54) is 70.6 Å². The average molecular weight is 270 g/mol. The molecule has 2 aliphatic rings. The molecule has 0 saturated heterocycles. The van der Waals surface area contributed by atoms with Gasteiger partial charge in [0.25, 0.3) is 0 Å². The molecule has 2 saturated carbocycles. The minimum Gasteiger partial charge on any atom is -0.0622 e. The predicted molar refractivity (Wildman–Crippen MR) is 87.0 cm³/mol. The van der Waals surface area contributed by atoms with E-state index in [0.717, 1.165) is 17.8 Å². The lowest BCUT2D eigenvalue weighted by molar-refractivity contribution is 0.261. The van der Waals surface area contributed by atoms with Crippen LogP contribution in [0.4, 0.5) is 0 Å². The molecule has 0 aromatic heterocycles. The van der Waals surface area contributed by atoms with E-state index >= 15 is 0 Å². The lowest BCUT2D eigenvalue weighted by Crippen LogP contribution is -2.15. The first-order valence-electron chi connectivity index (χ1n) is 8.97. The van der Waals surface area contributed by atoms with E-state index in [4.69, 9.17) is 0 Å². The number of hydrogen-bond acceptors (Lipinski definition) is 0. The van der Waals surface area contributed by atoms with Crippen LogP contribution >= 0.6 is 0 Å². The summed E-state index contributed by atoms with van der Waals surface area (Å²) in [6, 6.07) is 11.2. The summed E-state index contributed by atoms with van der Waals surface area (Å²) in [4.78, 5) is 0. The van der Waals surface area contributed by atoms with E-state index in [2.05, 4.69) is 30.3 Å². The lowest BCUT2D eigenvalue weighted by atomic mass is 9.75. The highest BCUT2D eigenvalue weighted by Gasteiger charge is 2.23. The monoisotopic (exact) mass is 270 g/mol. The van der Waals surface area contributed by atoms with Crippen molar-refractivity contribution in [2.24, 2.45) is 11.8 Å². The third kappa shape index (κ3) is 3.87. The predicted octanol–water partition coefficient (Wildman–Crippen LogP) is 6.32. The second kappa shape index (κ2) is 7.29. The van der Waals surface area contributed by atoms with Gasteiger partial charge in [0.05, 0.1) is 0 Å². The fraction of sp³-hybridized carbons (Fsp3) is 0.700. The standard InChI is InChI=1S/C20H30/c1-3-7-17(8-4-1)11-12-18-13-15-20(16-14-18)19-9-5-2-6-10-19/h2,5-6,9-10,17-18,20H,1,3-4,7-8,11-16H2. The van der Waals surface area contributed by atoms with Crippen LogP contribution in [0, 0.1) is 11.8 Å². The van der Waals surface area contributed by atoms with Gasteiger partial charge in [0.2, 0.25) is 0 Å². The summed E-state index contributed by atoms with van der Waals surface area (Å²) in [6.07, 6.45) is 16.4. The number of rotatable bonds is 4. The fourth-order valence-corrected chi connectivity index (χ4v) is 4.46. The summed E-state index contributed by atoms with van der Waals surface area (Å²) in [5.41, 5.74) is 1.58. The van der Waals surface area contributed by atoms with Crippen LogP contribution in [0.5, 0.6) is 0 Å². The van der Waals surface area contributed by atoms with Crippen molar-refractivity contribution in [3.05, 3.63) is 35.9 Å². The summed E-state index contributed by atoms with van der Waals surface area (Å²) in [5.74, 6) is 2.97. The van der Waals surface area contributed by atoms with E-state index in [1.54, 1.807) is 5.56 Å². The molecule has 1 aromatic carbocycles. The van der Waals surface area contributed by atoms with E-state index in [1.807, 2.05) is 0 Å². The smallest absolute Gasteiger partial charge is 0.0162 e. The maximum atomic E-state index is 2.33. The molecule has 0 unspecified atom stereocenters. The van der Waals surface area contributed by atoms with Crippen molar-refractivity contribution in [3.63, 3.8) is 0 Å². The van der Waals surface area contributed by atoms with Crippen LogP contribution in [-0.2, 0) is 0 Å². The molecule has 20 heavy (non-hydrogen) atoms. The Morgan fingerprint density at radius 3 is 1.90 bits per heavy atom. The minimum atomic E-state index is 0.849. The molecule has 0 N–H and O–H groups in total. The molecule has 0 aliphatic heterocycles. The first kappa shape index (κ1) is 14.2. The zero-order valence-electron chi connectivity index (χ0n) is 12.9. The van der Waals surface area contributed by atoms with E-state index in [-0.39, 0.29) is 0 Å². The maximum absolute atomic E-state index is 2.33. The average Bonchev–Trinajstić information content (AvgIpc) is 2.55. The van der Waals surface area contributed by atoms with E-state index in [9.17, 15) is 0 Å². The molecule has 3 rings (SSSR count). The summed E-state index contributed by atoms with van der Waals surface area (Å²) >= 11 is 0. The molecule has 0 heterocycles. The zero-order chi connectivity index (χ0) is 13.6. The summed E-state index contributed by atoms with van der Waals surface area (Å²) in [7, 11) is 0. The lowest BCUT2D eigenvalue weighted by Gasteiger charge is -2.30. The normalized spacial score (nSPS) is 28.4. The SMILES string of the molecule is c1ccc(C2CCC(CCC3CCCCC3)CC2)cc1. The van der Waals surface area contributed by atoms with Crippen LogP contribution < -0.4 is 0 Å². The quantitative estimate of drug-likeness (QED) is 0.600. The van der Waals surface area contributed by atoms with Crippen molar-refractivity contribution in [2.45, 2.75) is 76.5 Å². The minimum absolute atomic E-state index is 0.849. The largest absolute Gasteiger partial charge is 0.0622 e. The molecular formula is C20H30. The highest BCUT2D eigenvalue weighted by atomic mass is 14.3. The van der Waals surface area contributed by atoms with Crippen LogP contribution in [0.15, 0.2) is 30.3 Å². The van der Waals surface area contributed by atoms with Gasteiger partial charge >= 0.3 is 0 Å². The maximum Gasteiger partial charge on any atom is -0.0162 e. The molecule has 1 aromatic rings. The molecule has 0 amide bonds. The topological polar surface area (TPSA) is 0 Å². The van der Waals surface area contributed by atoms with Crippen molar-refractivity contribution in [3.8, 4) is 0 Å². The van der Waals surface area contributed by atoms with Crippen molar-refractivity contribution >= 4 is 0 Å². The molecule has 0 radical (unpaired) electrons. The third-order valence-corrected chi connectivity index (χ3v) is 5.83. The second-order valence-electron chi connectivity index (χ2n) is 7.21. The molecule has 2 aliphatic carbocycles. The van der Waals surface area contributed by atoms with Crippen molar-refractivity contribution in [2.75, 3.05) is 0 Å². The fourth-order valence-electron chi connectivity index (χ4n) is 4.46.